The molecule has 0 saturated carbocycles. The Morgan fingerprint density at radius 1 is 1.31 bits per heavy atom. The van der Waals surface area contributed by atoms with Crippen LogP contribution in [0.25, 0.3) is 0 Å². The van der Waals surface area contributed by atoms with E-state index >= 15 is 0 Å². The molecule has 0 aromatic rings. The van der Waals surface area contributed by atoms with Crippen LogP contribution in [0, 0.1) is 5.92 Å². The van der Waals surface area contributed by atoms with Crippen molar-refractivity contribution in [2.75, 3.05) is 13.1 Å². The molecule has 1 unspecified atom stereocenters. The van der Waals surface area contributed by atoms with Gasteiger partial charge in [0.15, 0.2) is 0 Å². The van der Waals surface area contributed by atoms with Crippen molar-refractivity contribution in [1.82, 2.24) is 4.90 Å². The third-order valence-electron chi connectivity index (χ3n) is 2.50. The van der Waals surface area contributed by atoms with Crippen LogP contribution in [-0.2, 0) is 0 Å². The quantitative estimate of drug-likeness (QED) is 0.409. The summed E-state index contributed by atoms with van der Waals surface area (Å²) >= 11 is 2.23. The second-order valence-electron chi connectivity index (χ2n) is 3.43. The van der Waals surface area contributed by atoms with Crippen LogP contribution in [0.1, 0.15) is 19.8 Å². The first-order chi connectivity index (χ1) is 5.91. The summed E-state index contributed by atoms with van der Waals surface area (Å²) < 4.78 is 37.1. The fourth-order valence-corrected chi connectivity index (χ4v) is 2.14. The summed E-state index contributed by atoms with van der Waals surface area (Å²) in [5.74, 6) is -1.07. The Labute approximate surface area is 89.8 Å². The first-order valence-electron chi connectivity index (χ1n) is 4.36. The van der Waals surface area contributed by atoms with E-state index in [-0.39, 0.29) is 12.8 Å². The zero-order valence-electron chi connectivity index (χ0n) is 7.44. The maximum atomic E-state index is 12.2. The molecule has 1 nitrogen and oxygen atoms in total. The molecule has 0 amide bonds. The van der Waals surface area contributed by atoms with Crippen LogP contribution in [0.5, 0.6) is 0 Å². The summed E-state index contributed by atoms with van der Waals surface area (Å²) in [6.07, 6.45) is -3.46. The van der Waals surface area contributed by atoms with Crippen LogP contribution >= 0.6 is 22.6 Å². The van der Waals surface area contributed by atoms with Crippen LogP contribution in [0.15, 0.2) is 0 Å². The van der Waals surface area contributed by atoms with Crippen LogP contribution in [0.4, 0.5) is 13.2 Å². The third-order valence-corrected chi connectivity index (χ3v) is 3.28. The Morgan fingerprint density at radius 3 is 2.08 bits per heavy atom. The van der Waals surface area contributed by atoms with Crippen molar-refractivity contribution < 1.29 is 13.2 Å². The number of piperidine rings is 1. The fourth-order valence-electron chi connectivity index (χ4n) is 1.58. The van der Waals surface area contributed by atoms with Gasteiger partial charge in [0.25, 0.3) is 0 Å². The van der Waals surface area contributed by atoms with Gasteiger partial charge >= 0.3 is 6.18 Å². The van der Waals surface area contributed by atoms with Gasteiger partial charge in [-0.25, -0.2) is 0 Å². The first kappa shape index (κ1) is 11.6. The van der Waals surface area contributed by atoms with E-state index in [9.17, 15) is 13.2 Å². The number of hydrogen-bond acceptors (Lipinski definition) is 1. The van der Waals surface area contributed by atoms with Crippen molar-refractivity contribution in [2.24, 2.45) is 5.92 Å². The predicted octanol–water partition coefficient (Wildman–Crippen LogP) is 3.04. The lowest BCUT2D eigenvalue weighted by Crippen LogP contribution is -2.41. The van der Waals surface area contributed by atoms with Crippen LogP contribution in [-0.4, -0.2) is 28.2 Å². The highest BCUT2D eigenvalue weighted by atomic mass is 127. The SMILES string of the molecule is CC(I)N1CCC(C(F)(F)F)CC1. The minimum absolute atomic E-state index is 0.261. The summed E-state index contributed by atoms with van der Waals surface area (Å²) in [5, 5.41) is 0. The predicted molar refractivity (Wildman–Crippen MR) is 53.8 cm³/mol. The standard InChI is InChI=1S/C8H13F3IN/c1-6(12)13-4-2-7(3-5-13)8(9,10)11/h6-7H,2-5H2,1H3. The molecule has 78 valence electrons. The second-order valence-corrected chi connectivity index (χ2v) is 5.23. The van der Waals surface area contributed by atoms with E-state index < -0.39 is 12.1 Å². The smallest absolute Gasteiger partial charge is 0.292 e. The van der Waals surface area contributed by atoms with E-state index in [1.54, 1.807) is 0 Å². The first-order valence-corrected chi connectivity index (χ1v) is 5.60. The number of rotatable bonds is 1. The molecule has 1 heterocycles. The molecule has 1 aliphatic heterocycles. The topological polar surface area (TPSA) is 3.24 Å². The Bertz CT molecular complexity index is 161. The number of hydrogen-bond donors (Lipinski definition) is 0. The van der Waals surface area contributed by atoms with E-state index in [1.807, 2.05) is 6.92 Å². The van der Waals surface area contributed by atoms with E-state index in [2.05, 4.69) is 27.5 Å². The molecular formula is C8H13F3IN. The van der Waals surface area contributed by atoms with Gasteiger partial charge in [0.1, 0.15) is 0 Å². The van der Waals surface area contributed by atoms with Gasteiger partial charge in [0.2, 0.25) is 0 Å². The summed E-state index contributed by atoms with van der Waals surface area (Å²) in [7, 11) is 0. The van der Waals surface area contributed by atoms with Crippen molar-refractivity contribution in [1.29, 1.82) is 0 Å². The van der Waals surface area contributed by atoms with Crippen LogP contribution in [0.2, 0.25) is 0 Å². The minimum atomic E-state index is -3.99. The molecule has 1 aliphatic rings. The molecule has 0 aromatic heterocycles. The van der Waals surface area contributed by atoms with Gasteiger partial charge in [0.05, 0.1) is 9.97 Å². The van der Waals surface area contributed by atoms with Crippen molar-refractivity contribution in [3.63, 3.8) is 0 Å². The molecule has 0 bridgehead atoms. The lowest BCUT2D eigenvalue weighted by Gasteiger charge is -2.34. The fraction of sp³-hybridized carbons (Fsp3) is 1.00. The van der Waals surface area contributed by atoms with Crippen LogP contribution in [0.3, 0.4) is 0 Å². The number of likely N-dealkylation sites (tertiary alicyclic amines) is 1. The Morgan fingerprint density at radius 2 is 1.77 bits per heavy atom. The largest absolute Gasteiger partial charge is 0.391 e. The molecular weight excluding hydrogens is 294 g/mol. The van der Waals surface area contributed by atoms with Gasteiger partial charge in [-0.15, -0.1) is 0 Å². The lowest BCUT2D eigenvalue weighted by atomic mass is 9.96. The Kier molecular flexibility index (Phi) is 3.85. The molecule has 13 heavy (non-hydrogen) atoms. The number of nitrogens with zero attached hydrogens (tertiary/aromatic N) is 1. The molecule has 1 atom stereocenters. The molecule has 0 aromatic carbocycles. The van der Waals surface area contributed by atoms with Gasteiger partial charge in [-0.05, 0) is 32.9 Å². The zero-order valence-corrected chi connectivity index (χ0v) is 9.60. The van der Waals surface area contributed by atoms with Crippen molar-refractivity contribution in [3.8, 4) is 0 Å². The molecule has 1 fully saturated rings. The Balaban J connectivity index is 2.39. The van der Waals surface area contributed by atoms with Crippen molar-refractivity contribution in [2.45, 2.75) is 30.0 Å². The van der Waals surface area contributed by atoms with Gasteiger partial charge in [-0.2, -0.15) is 13.2 Å². The highest BCUT2D eigenvalue weighted by Gasteiger charge is 2.41. The van der Waals surface area contributed by atoms with Gasteiger partial charge in [0, 0.05) is 0 Å². The number of halogens is 4. The minimum Gasteiger partial charge on any atom is -0.292 e. The molecule has 0 radical (unpaired) electrons. The molecule has 5 heteroatoms. The van der Waals surface area contributed by atoms with E-state index in [0.29, 0.717) is 17.1 Å². The molecule has 0 aliphatic carbocycles. The van der Waals surface area contributed by atoms with Crippen molar-refractivity contribution >= 4 is 22.6 Å². The van der Waals surface area contributed by atoms with E-state index in [4.69, 9.17) is 0 Å². The maximum absolute atomic E-state index is 12.2. The molecule has 0 N–H and O–H groups in total. The highest BCUT2D eigenvalue weighted by molar-refractivity contribution is 14.1. The monoisotopic (exact) mass is 307 g/mol. The average molecular weight is 307 g/mol. The summed E-state index contributed by atoms with van der Waals surface area (Å²) in [4.78, 5) is 2.09. The molecule has 1 saturated heterocycles. The van der Waals surface area contributed by atoms with Crippen LogP contribution < -0.4 is 0 Å². The average Bonchev–Trinajstić information content (AvgIpc) is 2.03. The van der Waals surface area contributed by atoms with E-state index in [1.165, 1.54) is 0 Å². The molecule has 1 rings (SSSR count). The maximum Gasteiger partial charge on any atom is 0.391 e. The zero-order chi connectivity index (χ0) is 10.1. The van der Waals surface area contributed by atoms with Gasteiger partial charge in [-0.3, -0.25) is 4.90 Å². The lowest BCUT2D eigenvalue weighted by molar-refractivity contribution is -0.185. The van der Waals surface area contributed by atoms with Crippen molar-refractivity contribution in [3.05, 3.63) is 0 Å². The van der Waals surface area contributed by atoms with Gasteiger partial charge < -0.3 is 0 Å². The Hall–Kier alpha value is 0.480. The summed E-state index contributed by atoms with van der Waals surface area (Å²) in [6, 6.07) is 0. The second kappa shape index (κ2) is 4.33. The highest BCUT2D eigenvalue weighted by Crippen LogP contribution is 2.34. The molecule has 0 spiro atoms. The van der Waals surface area contributed by atoms with Gasteiger partial charge in [-0.1, -0.05) is 22.6 Å². The normalized spacial score (nSPS) is 24.7. The summed E-state index contributed by atoms with van der Waals surface area (Å²) in [6.45, 7) is 3.16. The number of alkyl halides is 4. The third kappa shape index (κ3) is 3.27. The van der Waals surface area contributed by atoms with E-state index in [0.717, 1.165) is 0 Å². The summed E-state index contributed by atoms with van der Waals surface area (Å²) in [5.41, 5.74) is 0.